The number of nitriles is 1. The number of benzene rings is 1. The van der Waals surface area contributed by atoms with E-state index in [4.69, 9.17) is 5.26 Å². The lowest BCUT2D eigenvalue weighted by Gasteiger charge is -2.25. The molecular formula is C18H21N3O2S. The van der Waals surface area contributed by atoms with E-state index in [0.29, 0.717) is 23.7 Å². The third kappa shape index (κ3) is 3.73. The maximum absolute atomic E-state index is 12.6. The summed E-state index contributed by atoms with van der Waals surface area (Å²) in [5, 5.41) is 11.8. The minimum atomic E-state index is -0.373. The summed E-state index contributed by atoms with van der Waals surface area (Å²) < 4.78 is 0. The first-order chi connectivity index (χ1) is 11.7. The number of carbonyl (C=O) groups is 2. The minimum absolute atomic E-state index is 0.103. The van der Waals surface area contributed by atoms with Gasteiger partial charge in [-0.15, -0.1) is 11.8 Å². The molecule has 1 aliphatic carbocycles. The molecule has 0 radical (unpaired) electrons. The van der Waals surface area contributed by atoms with Crippen molar-refractivity contribution in [1.29, 1.82) is 5.26 Å². The van der Waals surface area contributed by atoms with Crippen LogP contribution < -0.4 is 5.32 Å². The summed E-state index contributed by atoms with van der Waals surface area (Å²) in [6.07, 6.45) is 4.14. The molecule has 24 heavy (non-hydrogen) atoms. The third-order valence-electron chi connectivity index (χ3n) is 4.70. The van der Waals surface area contributed by atoms with Gasteiger partial charge in [-0.1, -0.05) is 25.0 Å². The van der Waals surface area contributed by atoms with Crippen LogP contribution in [0.25, 0.3) is 0 Å². The summed E-state index contributed by atoms with van der Waals surface area (Å²) in [6.45, 7) is 0.376. The highest BCUT2D eigenvalue weighted by Gasteiger charge is 2.38. The molecular weight excluding hydrogens is 322 g/mol. The molecule has 1 aromatic carbocycles. The number of thioether (sulfide) groups is 1. The van der Waals surface area contributed by atoms with E-state index >= 15 is 0 Å². The Morgan fingerprint density at radius 3 is 2.88 bits per heavy atom. The number of carbonyl (C=O) groups excluding carboxylic acids is 2. The Balaban J connectivity index is 1.59. The van der Waals surface area contributed by atoms with E-state index in [1.54, 1.807) is 34.9 Å². The van der Waals surface area contributed by atoms with Crippen molar-refractivity contribution in [3.8, 4) is 6.07 Å². The second-order valence-electron chi connectivity index (χ2n) is 6.34. The predicted octanol–water partition coefficient (Wildman–Crippen LogP) is 2.27. The lowest BCUT2D eigenvalue weighted by atomic mass is 10.1. The van der Waals surface area contributed by atoms with Gasteiger partial charge in [0.15, 0.2) is 0 Å². The Morgan fingerprint density at radius 2 is 2.12 bits per heavy atom. The summed E-state index contributed by atoms with van der Waals surface area (Å²) in [5.41, 5.74) is 1.47. The topological polar surface area (TPSA) is 73.2 Å². The molecule has 1 aromatic rings. The number of nitrogens with one attached hydrogen (secondary N) is 1. The zero-order valence-electron chi connectivity index (χ0n) is 13.5. The zero-order chi connectivity index (χ0) is 16.9. The number of hydrogen-bond donors (Lipinski definition) is 1. The van der Waals surface area contributed by atoms with Crippen LogP contribution in [0.1, 0.15) is 36.8 Å². The molecule has 2 fully saturated rings. The molecule has 2 amide bonds. The van der Waals surface area contributed by atoms with E-state index in [1.807, 2.05) is 6.07 Å². The van der Waals surface area contributed by atoms with Gasteiger partial charge < -0.3 is 10.2 Å². The summed E-state index contributed by atoms with van der Waals surface area (Å²) in [6, 6.07) is 8.92. The summed E-state index contributed by atoms with van der Waals surface area (Å²) in [5.74, 6) is 1.41. The molecule has 0 aromatic heterocycles. The van der Waals surface area contributed by atoms with Crippen LogP contribution in [0.3, 0.4) is 0 Å². The normalized spacial score (nSPS) is 20.8. The van der Waals surface area contributed by atoms with Gasteiger partial charge in [0.1, 0.15) is 6.04 Å². The molecule has 0 spiro atoms. The number of amides is 2. The van der Waals surface area contributed by atoms with Crippen molar-refractivity contribution < 1.29 is 9.59 Å². The molecule has 0 bridgehead atoms. The van der Waals surface area contributed by atoms with Gasteiger partial charge in [-0.3, -0.25) is 9.59 Å². The zero-order valence-corrected chi connectivity index (χ0v) is 14.3. The average Bonchev–Trinajstić information content (AvgIpc) is 3.30. The van der Waals surface area contributed by atoms with Crippen molar-refractivity contribution in [1.82, 2.24) is 10.2 Å². The van der Waals surface area contributed by atoms with Gasteiger partial charge in [0, 0.05) is 18.2 Å². The second kappa shape index (κ2) is 7.71. The summed E-state index contributed by atoms with van der Waals surface area (Å²) in [4.78, 5) is 26.9. The molecule has 6 heteroatoms. The first-order valence-electron chi connectivity index (χ1n) is 8.34. The van der Waals surface area contributed by atoms with Crippen LogP contribution in [-0.2, 0) is 16.1 Å². The molecule has 1 saturated carbocycles. The van der Waals surface area contributed by atoms with E-state index in [1.165, 1.54) is 0 Å². The van der Waals surface area contributed by atoms with E-state index in [0.717, 1.165) is 31.2 Å². The van der Waals surface area contributed by atoms with Crippen molar-refractivity contribution in [3.05, 3.63) is 35.4 Å². The maximum atomic E-state index is 12.6. The van der Waals surface area contributed by atoms with Gasteiger partial charge >= 0.3 is 0 Å². The summed E-state index contributed by atoms with van der Waals surface area (Å²) in [7, 11) is 0. The Hall–Kier alpha value is -2.00. The van der Waals surface area contributed by atoms with Crippen LogP contribution in [0.5, 0.6) is 0 Å². The van der Waals surface area contributed by atoms with Gasteiger partial charge in [-0.05, 0) is 30.5 Å². The molecule has 1 N–H and O–H groups in total. The van der Waals surface area contributed by atoms with Crippen LogP contribution in [-0.4, -0.2) is 34.4 Å². The van der Waals surface area contributed by atoms with Gasteiger partial charge in [-0.2, -0.15) is 5.26 Å². The quantitative estimate of drug-likeness (QED) is 0.910. The molecule has 5 nitrogen and oxygen atoms in total. The average molecular weight is 343 g/mol. The van der Waals surface area contributed by atoms with Gasteiger partial charge in [0.25, 0.3) is 0 Å². The highest BCUT2D eigenvalue weighted by molar-refractivity contribution is 7.99. The van der Waals surface area contributed by atoms with Crippen LogP contribution in [0, 0.1) is 17.2 Å². The minimum Gasteiger partial charge on any atom is -0.350 e. The van der Waals surface area contributed by atoms with Crippen LogP contribution in [0.2, 0.25) is 0 Å². The molecule has 126 valence electrons. The van der Waals surface area contributed by atoms with Crippen molar-refractivity contribution in [3.63, 3.8) is 0 Å². The predicted molar refractivity (Wildman–Crippen MR) is 92.9 cm³/mol. The lowest BCUT2D eigenvalue weighted by Crippen LogP contribution is -2.48. The van der Waals surface area contributed by atoms with Crippen LogP contribution in [0.15, 0.2) is 24.3 Å². The molecule has 2 aliphatic rings. The first kappa shape index (κ1) is 16.8. The largest absolute Gasteiger partial charge is 0.350 e. The van der Waals surface area contributed by atoms with E-state index in [-0.39, 0.29) is 23.8 Å². The number of rotatable bonds is 4. The van der Waals surface area contributed by atoms with Crippen molar-refractivity contribution in [2.24, 2.45) is 5.92 Å². The van der Waals surface area contributed by atoms with Gasteiger partial charge in [0.05, 0.1) is 17.5 Å². The molecule has 3 rings (SSSR count). The fourth-order valence-electron chi connectivity index (χ4n) is 3.34. The first-order valence-corrected chi connectivity index (χ1v) is 9.49. The summed E-state index contributed by atoms with van der Waals surface area (Å²) >= 11 is 1.63. The lowest BCUT2D eigenvalue weighted by molar-refractivity contribution is -0.141. The molecule has 1 heterocycles. The Bertz CT molecular complexity index is 664. The van der Waals surface area contributed by atoms with Crippen LogP contribution in [0.4, 0.5) is 0 Å². The molecule has 1 atom stereocenters. The second-order valence-corrected chi connectivity index (χ2v) is 7.33. The third-order valence-corrected chi connectivity index (χ3v) is 5.71. The fraction of sp³-hybridized carbons (Fsp3) is 0.500. The van der Waals surface area contributed by atoms with Crippen molar-refractivity contribution in [2.45, 2.75) is 38.3 Å². The fourth-order valence-corrected chi connectivity index (χ4v) is 4.51. The molecule has 1 aliphatic heterocycles. The Labute approximate surface area is 146 Å². The molecule has 0 unspecified atom stereocenters. The van der Waals surface area contributed by atoms with Gasteiger partial charge in [0.2, 0.25) is 11.8 Å². The molecule has 1 saturated heterocycles. The number of hydrogen-bond acceptors (Lipinski definition) is 4. The van der Waals surface area contributed by atoms with Crippen LogP contribution >= 0.6 is 11.8 Å². The monoisotopic (exact) mass is 343 g/mol. The standard InChI is InChI=1S/C18H21N3O2S/c19-9-13-4-3-5-14(8-13)10-20-17(22)16-11-24-12-21(16)18(23)15-6-1-2-7-15/h3-5,8,15-16H,1-2,6-7,10-12H2,(H,20,22)/t16-/m0/s1. The van der Waals surface area contributed by atoms with E-state index in [2.05, 4.69) is 11.4 Å². The highest BCUT2D eigenvalue weighted by atomic mass is 32.2. The van der Waals surface area contributed by atoms with Crippen molar-refractivity contribution in [2.75, 3.05) is 11.6 Å². The highest BCUT2D eigenvalue weighted by Crippen LogP contribution is 2.30. The van der Waals surface area contributed by atoms with Crippen molar-refractivity contribution >= 4 is 23.6 Å². The Kier molecular flexibility index (Phi) is 5.41. The van der Waals surface area contributed by atoms with E-state index < -0.39 is 0 Å². The Morgan fingerprint density at radius 1 is 1.33 bits per heavy atom. The SMILES string of the molecule is N#Cc1cccc(CNC(=O)[C@@H]2CSCN2C(=O)C2CCCC2)c1. The van der Waals surface area contributed by atoms with E-state index in [9.17, 15) is 9.59 Å². The number of nitrogens with zero attached hydrogens (tertiary/aromatic N) is 2. The maximum Gasteiger partial charge on any atom is 0.243 e. The van der Waals surface area contributed by atoms with Gasteiger partial charge in [-0.25, -0.2) is 0 Å². The smallest absolute Gasteiger partial charge is 0.243 e.